The van der Waals surface area contributed by atoms with Gasteiger partial charge in [-0.05, 0) is 12.8 Å². The highest BCUT2D eigenvalue weighted by Gasteiger charge is 2.27. The Hall–Kier alpha value is -1.23. The molecule has 0 bridgehead atoms. The van der Waals surface area contributed by atoms with E-state index in [-0.39, 0.29) is 36.4 Å². The third-order valence-electron chi connectivity index (χ3n) is 2.64. The predicted octanol–water partition coefficient (Wildman–Crippen LogP) is 0.867. The molecule has 0 unspecified atom stereocenters. The second-order valence-corrected chi connectivity index (χ2v) is 4.56. The molecular weight excluding hydrogens is 319 g/mol. The second kappa shape index (κ2) is 7.16. The van der Waals surface area contributed by atoms with Gasteiger partial charge in [-0.1, -0.05) is 0 Å². The summed E-state index contributed by atoms with van der Waals surface area (Å²) in [6, 6.07) is 0. The fourth-order valence-electron chi connectivity index (χ4n) is 1.45. The van der Waals surface area contributed by atoms with E-state index in [1.807, 2.05) is 0 Å². The van der Waals surface area contributed by atoms with Crippen molar-refractivity contribution in [1.82, 2.24) is 0 Å². The molecule has 21 heavy (non-hydrogen) atoms. The molecule has 0 saturated heterocycles. The van der Waals surface area contributed by atoms with Crippen molar-refractivity contribution < 1.29 is 41.3 Å². The largest absolute Gasteiger partial charge is 0.487 e. The highest BCUT2D eigenvalue weighted by Crippen LogP contribution is 2.29. The van der Waals surface area contributed by atoms with Crippen molar-refractivity contribution in [3.63, 3.8) is 0 Å². The quantitative estimate of drug-likeness (QED) is 0.194. The maximum absolute atomic E-state index is 13.2. The van der Waals surface area contributed by atoms with Crippen molar-refractivity contribution in [1.29, 1.82) is 0 Å². The maximum Gasteiger partial charge on any atom is 0.267 e. The second-order valence-electron chi connectivity index (χ2n) is 4.15. The van der Waals surface area contributed by atoms with Crippen LogP contribution in [0, 0.1) is 29.1 Å². The number of aliphatic hydroxyl groups is 2. The van der Waals surface area contributed by atoms with E-state index in [1.165, 1.54) is 0 Å². The SMILES string of the molecule is OC(O)(CCCCOc1c(F)c(F)c(F)c(F)c1F)O[SiH3]. The fraction of sp³-hybridized carbons (Fsp3) is 0.455. The Labute approximate surface area is 119 Å². The minimum Gasteiger partial charge on any atom is -0.487 e. The minimum absolute atomic E-state index is 0.0906. The van der Waals surface area contributed by atoms with Crippen LogP contribution in [-0.2, 0) is 4.43 Å². The molecule has 0 heterocycles. The van der Waals surface area contributed by atoms with Gasteiger partial charge in [-0.25, -0.2) is 13.2 Å². The molecule has 0 aliphatic heterocycles. The van der Waals surface area contributed by atoms with Crippen molar-refractivity contribution in [3.8, 4) is 5.75 Å². The lowest BCUT2D eigenvalue weighted by atomic mass is 10.2. The number of halogens is 5. The molecule has 0 aliphatic rings. The van der Waals surface area contributed by atoms with Gasteiger partial charge < -0.3 is 19.4 Å². The summed E-state index contributed by atoms with van der Waals surface area (Å²) in [7, 11) is 0.0916. The van der Waals surface area contributed by atoms with Crippen molar-refractivity contribution in [2.75, 3.05) is 6.61 Å². The first-order valence-corrected chi connectivity index (χ1v) is 6.67. The van der Waals surface area contributed by atoms with Gasteiger partial charge in [0.1, 0.15) is 0 Å². The van der Waals surface area contributed by atoms with Crippen LogP contribution in [-0.4, -0.2) is 33.3 Å². The number of ether oxygens (including phenoxy) is 1. The van der Waals surface area contributed by atoms with E-state index in [0.29, 0.717) is 0 Å². The van der Waals surface area contributed by atoms with Crippen LogP contribution in [0.4, 0.5) is 22.0 Å². The van der Waals surface area contributed by atoms with Gasteiger partial charge in [0.25, 0.3) is 5.97 Å². The van der Waals surface area contributed by atoms with Crippen LogP contribution in [0.3, 0.4) is 0 Å². The van der Waals surface area contributed by atoms with E-state index in [1.54, 1.807) is 0 Å². The zero-order valence-electron chi connectivity index (χ0n) is 10.9. The van der Waals surface area contributed by atoms with E-state index in [0.717, 1.165) is 0 Å². The summed E-state index contributed by atoms with van der Waals surface area (Å²) in [5, 5.41) is 18.2. The number of hydrogen-bond donors (Lipinski definition) is 2. The van der Waals surface area contributed by atoms with E-state index in [9.17, 15) is 22.0 Å². The Morgan fingerprint density at radius 1 is 0.857 bits per heavy atom. The summed E-state index contributed by atoms with van der Waals surface area (Å²) in [5.41, 5.74) is 0. The minimum atomic E-state index is -2.28. The summed E-state index contributed by atoms with van der Waals surface area (Å²) in [6.07, 6.45) is 0.0505. The molecule has 0 spiro atoms. The molecule has 1 aromatic rings. The molecule has 0 amide bonds. The van der Waals surface area contributed by atoms with Crippen LogP contribution >= 0.6 is 0 Å². The van der Waals surface area contributed by atoms with Crippen molar-refractivity contribution >= 4 is 10.5 Å². The Morgan fingerprint density at radius 2 is 1.33 bits per heavy atom. The molecule has 0 atom stereocenters. The molecule has 2 N–H and O–H groups in total. The van der Waals surface area contributed by atoms with Crippen molar-refractivity contribution in [2.24, 2.45) is 0 Å². The van der Waals surface area contributed by atoms with Gasteiger partial charge in [-0.15, -0.1) is 0 Å². The Morgan fingerprint density at radius 3 is 1.81 bits per heavy atom. The fourth-order valence-corrected chi connectivity index (χ4v) is 1.65. The molecule has 120 valence electrons. The van der Waals surface area contributed by atoms with Gasteiger partial charge >= 0.3 is 0 Å². The van der Waals surface area contributed by atoms with Crippen LogP contribution < -0.4 is 4.74 Å². The zero-order chi connectivity index (χ0) is 16.2. The number of rotatable bonds is 7. The molecule has 0 aliphatic carbocycles. The first-order chi connectivity index (χ1) is 9.71. The van der Waals surface area contributed by atoms with Crippen LogP contribution in [0.2, 0.25) is 0 Å². The molecule has 0 aromatic heterocycles. The third-order valence-corrected chi connectivity index (χ3v) is 3.29. The summed E-state index contributed by atoms with van der Waals surface area (Å²) in [4.78, 5) is 0. The van der Waals surface area contributed by atoms with E-state index >= 15 is 0 Å². The molecule has 0 fully saturated rings. The zero-order valence-corrected chi connectivity index (χ0v) is 12.9. The first kappa shape index (κ1) is 17.8. The summed E-state index contributed by atoms with van der Waals surface area (Å²) in [6.45, 7) is -0.366. The maximum atomic E-state index is 13.2. The number of benzene rings is 1. The monoisotopic (exact) mass is 332 g/mol. The average molecular weight is 332 g/mol. The number of unbranched alkanes of at least 4 members (excludes halogenated alkanes) is 1. The molecule has 1 rings (SSSR count). The molecule has 0 saturated carbocycles. The van der Waals surface area contributed by atoms with Crippen LogP contribution in [0.15, 0.2) is 0 Å². The van der Waals surface area contributed by atoms with Gasteiger partial charge in [0.2, 0.25) is 29.1 Å². The number of hydrogen-bond acceptors (Lipinski definition) is 4. The van der Waals surface area contributed by atoms with E-state index < -0.39 is 40.8 Å². The van der Waals surface area contributed by atoms with Gasteiger partial charge in [-0.2, -0.15) is 8.78 Å². The van der Waals surface area contributed by atoms with Crippen LogP contribution in [0.1, 0.15) is 19.3 Å². The van der Waals surface area contributed by atoms with Gasteiger partial charge in [0.05, 0.1) is 6.61 Å². The van der Waals surface area contributed by atoms with Gasteiger partial charge in [0.15, 0.2) is 16.2 Å². The van der Waals surface area contributed by atoms with Crippen LogP contribution in [0.25, 0.3) is 0 Å². The standard InChI is InChI=1S/C11H13F5O4Si/c12-5-6(13)8(15)10(9(16)7(5)14)19-4-2-1-3-11(17,18)20-21/h17-18H,1-4H2,21H3. The lowest BCUT2D eigenvalue weighted by molar-refractivity contribution is -0.295. The average Bonchev–Trinajstić information content (AvgIpc) is 2.46. The Bertz CT molecular complexity index is 483. The summed E-state index contributed by atoms with van der Waals surface area (Å²) < 4.78 is 73.9. The molecule has 0 radical (unpaired) electrons. The van der Waals surface area contributed by atoms with Crippen LogP contribution in [0.5, 0.6) is 5.75 Å². The molecule has 1 aromatic carbocycles. The van der Waals surface area contributed by atoms with Gasteiger partial charge in [0, 0.05) is 6.42 Å². The third kappa shape index (κ3) is 4.36. The Kier molecular flexibility index (Phi) is 6.07. The molecule has 4 nitrogen and oxygen atoms in total. The van der Waals surface area contributed by atoms with E-state index in [4.69, 9.17) is 10.2 Å². The first-order valence-electron chi connectivity index (χ1n) is 5.85. The van der Waals surface area contributed by atoms with E-state index in [2.05, 4.69) is 9.16 Å². The molecule has 10 heteroatoms. The summed E-state index contributed by atoms with van der Waals surface area (Å²) in [5.74, 6) is -14.2. The lowest BCUT2D eigenvalue weighted by Crippen LogP contribution is -2.30. The predicted molar refractivity (Wildman–Crippen MR) is 63.8 cm³/mol. The molecular formula is C11H13F5O4Si. The lowest BCUT2D eigenvalue weighted by Gasteiger charge is -2.19. The smallest absolute Gasteiger partial charge is 0.267 e. The highest BCUT2D eigenvalue weighted by molar-refractivity contribution is 5.98. The highest BCUT2D eigenvalue weighted by atomic mass is 28.2. The normalized spacial score (nSPS) is 12.0. The van der Waals surface area contributed by atoms with Crippen molar-refractivity contribution in [3.05, 3.63) is 29.1 Å². The summed E-state index contributed by atoms with van der Waals surface area (Å²) >= 11 is 0. The van der Waals surface area contributed by atoms with Gasteiger partial charge in [-0.3, -0.25) is 0 Å². The topological polar surface area (TPSA) is 58.9 Å². The Balaban J connectivity index is 2.61. The van der Waals surface area contributed by atoms with Crippen molar-refractivity contribution in [2.45, 2.75) is 25.2 Å².